The van der Waals surface area contributed by atoms with Crippen LogP contribution in [0.3, 0.4) is 0 Å². The molecule has 0 aromatic heterocycles. The zero-order valence-electron chi connectivity index (χ0n) is 17.2. The standard InChI is InChI=1S/C17H34N4O4.HI/c1-9-18-14(19-10-12(2)13(22)24-8)20-11-17(6,7)21-15(23)25-16(3,4)5;/h12H,9-11H2,1-8H3,(H,21,23)(H2,18,19,20);1H. The Bertz CT molecular complexity index is 476. The summed E-state index contributed by atoms with van der Waals surface area (Å²) in [4.78, 5) is 27.8. The minimum absolute atomic E-state index is 0. The summed E-state index contributed by atoms with van der Waals surface area (Å²) < 4.78 is 9.97. The lowest BCUT2D eigenvalue weighted by Gasteiger charge is -2.27. The summed E-state index contributed by atoms with van der Waals surface area (Å²) in [6.45, 7) is 14.3. The van der Waals surface area contributed by atoms with E-state index in [4.69, 9.17) is 9.47 Å². The maximum atomic E-state index is 11.9. The molecule has 0 rings (SSSR count). The summed E-state index contributed by atoms with van der Waals surface area (Å²) in [6.07, 6.45) is -0.482. The number of nitrogens with one attached hydrogen (secondary N) is 3. The number of carbonyl (C=O) groups excluding carboxylic acids is 2. The highest BCUT2D eigenvalue weighted by Gasteiger charge is 2.24. The maximum Gasteiger partial charge on any atom is 0.408 e. The van der Waals surface area contributed by atoms with Crippen molar-refractivity contribution >= 4 is 42.0 Å². The van der Waals surface area contributed by atoms with Crippen LogP contribution in [0.2, 0.25) is 0 Å². The number of carbonyl (C=O) groups is 2. The number of aliphatic imine (C=N–C) groups is 1. The number of ether oxygens (including phenoxy) is 2. The van der Waals surface area contributed by atoms with Crippen molar-refractivity contribution < 1.29 is 19.1 Å². The van der Waals surface area contributed by atoms with E-state index < -0.39 is 17.2 Å². The third-order valence-electron chi connectivity index (χ3n) is 3.00. The van der Waals surface area contributed by atoms with Gasteiger partial charge in [0.2, 0.25) is 0 Å². The lowest BCUT2D eigenvalue weighted by molar-refractivity contribution is -0.144. The molecule has 0 fully saturated rings. The Kier molecular flexibility index (Phi) is 12.6. The van der Waals surface area contributed by atoms with Crippen LogP contribution in [0.5, 0.6) is 0 Å². The topological polar surface area (TPSA) is 101 Å². The van der Waals surface area contributed by atoms with Gasteiger partial charge in [0.15, 0.2) is 5.96 Å². The highest BCUT2D eigenvalue weighted by atomic mass is 127. The molecule has 154 valence electrons. The number of nitrogens with zero attached hydrogens (tertiary/aromatic N) is 1. The molecule has 8 nitrogen and oxygen atoms in total. The number of hydrogen-bond acceptors (Lipinski definition) is 5. The van der Waals surface area contributed by atoms with E-state index in [-0.39, 0.29) is 35.9 Å². The van der Waals surface area contributed by atoms with Crippen LogP contribution in [0.4, 0.5) is 4.79 Å². The summed E-state index contributed by atoms with van der Waals surface area (Å²) in [5.74, 6) is -0.00524. The highest BCUT2D eigenvalue weighted by Crippen LogP contribution is 2.09. The number of rotatable bonds is 7. The van der Waals surface area contributed by atoms with E-state index in [9.17, 15) is 9.59 Å². The molecule has 0 bridgehead atoms. The molecule has 0 aliphatic rings. The van der Waals surface area contributed by atoms with Gasteiger partial charge in [-0.3, -0.25) is 9.79 Å². The van der Waals surface area contributed by atoms with Crippen LogP contribution in [0.25, 0.3) is 0 Å². The first-order chi connectivity index (χ1) is 11.4. The first-order valence-electron chi connectivity index (χ1n) is 8.51. The van der Waals surface area contributed by atoms with E-state index in [1.807, 2.05) is 41.5 Å². The van der Waals surface area contributed by atoms with Gasteiger partial charge in [0.25, 0.3) is 0 Å². The molecule has 0 aromatic carbocycles. The molecule has 1 atom stereocenters. The van der Waals surface area contributed by atoms with Crippen molar-refractivity contribution in [3.05, 3.63) is 0 Å². The van der Waals surface area contributed by atoms with Gasteiger partial charge >= 0.3 is 12.1 Å². The fourth-order valence-corrected chi connectivity index (χ4v) is 1.77. The van der Waals surface area contributed by atoms with Crippen molar-refractivity contribution in [3.63, 3.8) is 0 Å². The Morgan fingerprint density at radius 2 is 1.69 bits per heavy atom. The molecule has 0 aromatic rings. The van der Waals surface area contributed by atoms with E-state index in [2.05, 4.69) is 20.9 Å². The monoisotopic (exact) mass is 486 g/mol. The van der Waals surface area contributed by atoms with Crippen LogP contribution < -0.4 is 16.0 Å². The molecule has 0 spiro atoms. The third-order valence-corrected chi connectivity index (χ3v) is 3.00. The summed E-state index contributed by atoms with van der Waals surface area (Å²) in [6, 6.07) is 0. The fourth-order valence-electron chi connectivity index (χ4n) is 1.77. The summed E-state index contributed by atoms with van der Waals surface area (Å²) in [5.41, 5.74) is -1.14. The van der Waals surface area contributed by atoms with Crippen molar-refractivity contribution in [2.45, 2.75) is 59.6 Å². The smallest absolute Gasteiger partial charge is 0.408 e. The molecular formula is C17H35IN4O4. The molecule has 0 heterocycles. The normalized spacial score (nSPS) is 13.2. The molecule has 0 aliphatic heterocycles. The SMILES string of the molecule is CCNC(=NCC(C)(C)NC(=O)OC(C)(C)C)NCC(C)C(=O)OC.I. The average molecular weight is 486 g/mol. The van der Waals surface area contributed by atoms with Crippen LogP contribution in [-0.4, -0.2) is 55.9 Å². The third kappa shape index (κ3) is 13.0. The van der Waals surface area contributed by atoms with Gasteiger partial charge < -0.3 is 25.4 Å². The second-order valence-corrected chi connectivity index (χ2v) is 7.51. The Hall–Kier alpha value is -1.26. The Morgan fingerprint density at radius 1 is 1.12 bits per heavy atom. The second-order valence-electron chi connectivity index (χ2n) is 7.51. The van der Waals surface area contributed by atoms with Crippen molar-refractivity contribution in [2.75, 3.05) is 26.7 Å². The van der Waals surface area contributed by atoms with E-state index in [1.165, 1.54) is 7.11 Å². The Morgan fingerprint density at radius 3 is 2.15 bits per heavy atom. The number of esters is 1. The van der Waals surface area contributed by atoms with Crippen LogP contribution in [0.15, 0.2) is 4.99 Å². The van der Waals surface area contributed by atoms with E-state index in [0.29, 0.717) is 25.6 Å². The van der Waals surface area contributed by atoms with Crippen molar-refractivity contribution in [1.29, 1.82) is 0 Å². The molecule has 1 unspecified atom stereocenters. The first kappa shape index (κ1) is 27.0. The average Bonchev–Trinajstić information content (AvgIpc) is 2.46. The van der Waals surface area contributed by atoms with Gasteiger partial charge in [-0.25, -0.2) is 4.79 Å². The lowest BCUT2D eigenvalue weighted by Crippen LogP contribution is -2.49. The van der Waals surface area contributed by atoms with Crippen molar-refractivity contribution in [3.8, 4) is 0 Å². The molecule has 0 radical (unpaired) electrons. The predicted molar refractivity (Wildman–Crippen MR) is 114 cm³/mol. The van der Waals surface area contributed by atoms with Gasteiger partial charge in [-0.15, -0.1) is 24.0 Å². The summed E-state index contributed by atoms with van der Waals surface area (Å²) >= 11 is 0. The number of amides is 1. The number of hydrogen-bond donors (Lipinski definition) is 3. The first-order valence-corrected chi connectivity index (χ1v) is 8.51. The highest BCUT2D eigenvalue weighted by molar-refractivity contribution is 14.0. The molecule has 9 heteroatoms. The van der Waals surface area contributed by atoms with Crippen LogP contribution >= 0.6 is 24.0 Å². The van der Waals surface area contributed by atoms with E-state index >= 15 is 0 Å². The Balaban J connectivity index is 0. The van der Waals surface area contributed by atoms with Gasteiger partial charge in [-0.05, 0) is 41.5 Å². The molecule has 3 N–H and O–H groups in total. The minimum atomic E-state index is -0.585. The van der Waals surface area contributed by atoms with Crippen molar-refractivity contribution in [2.24, 2.45) is 10.9 Å². The lowest BCUT2D eigenvalue weighted by atomic mass is 10.1. The van der Waals surface area contributed by atoms with Crippen molar-refractivity contribution in [1.82, 2.24) is 16.0 Å². The zero-order chi connectivity index (χ0) is 19.7. The zero-order valence-corrected chi connectivity index (χ0v) is 19.5. The largest absolute Gasteiger partial charge is 0.469 e. The number of methoxy groups -OCH3 is 1. The summed E-state index contributed by atoms with van der Waals surface area (Å²) in [5, 5.41) is 9.00. The summed E-state index contributed by atoms with van der Waals surface area (Å²) in [7, 11) is 1.36. The number of guanidine groups is 1. The van der Waals surface area contributed by atoms with E-state index in [1.54, 1.807) is 6.92 Å². The van der Waals surface area contributed by atoms with Crippen LogP contribution in [0, 0.1) is 5.92 Å². The van der Waals surface area contributed by atoms with Gasteiger partial charge in [-0.2, -0.15) is 0 Å². The van der Waals surface area contributed by atoms with Gasteiger partial charge in [0.05, 0.1) is 25.1 Å². The quantitative estimate of drug-likeness (QED) is 0.221. The predicted octanol–water partition coefficient (Wildman–Crippen LogP) is 2.27. The van der Waals surface area contributed by atoms with Crippen LogP contribution in [0.1, 0.15) is 48.5 Å². The van der Waals surface area contributed by atoms with E-state index in [0.717, 1.165) is 0 Å². The molecular weight excluding hydrogens is 451 g/mol. The molecule has 1 amide bonds. The maximum absolute atomic E-state index is 11.9. The van der Waals surface area contributed by atoms with Gasteiger partial charge in [-0.1, -0.05) is 6.92 Å². The van der Waals surface area contributed by atoms with Crippen LogP contribution in [-0.2, 0) is 14.3 Å². The molecule has 0 aliphatic carbocycles. The van der Waals surface area contributed by atoms with Gasteiger partial charge in [0, 0.05) is 13.1 Å². The fraction of sp³-hybridized carbons (Fsp3) is 0.824. The Labute approximate surface area is 174 Å². The number of alkyl carbamates (subject to hydrolysis) is 1. The minimum Gasteiger partial charge on any atom is -0.469 e. The molecule has 26 heavy (non-hydrogen) atoms. The molecule has 0 saturated heterocycles. The second kappa shape index (κ2) is 12.2. The van der Waals surface area contributed by atoms with Gasteiger partial charge in [0.1, 0.15) is 5.60 Å². The molecule has 0 saturated carbocycles. The number of halogens is 1.